The standard InChI is InChI=1S/C12H13FN2O2/c1-8-3-2-4-9(13)12(8)15-6-5-10(16)14-7-11(15)17/h2-4H,5-7H2,1H3,(H,14,16). The summed E-state index contributed by atoms with van der Waals surface area (Å²) < 4.78 is 13.7. The van der Waals surface area contributed by atoms with Crippen molar-refractivity contribution in [3.05, 3.63) is 29.6 Å². The number of benzene rings is 1. The smallest absolute Gasteiger partial charge is 0.246 e. The van der Waals surface area contributed by atoms with Crippen LogP contribution in [0.25, 0.3) is 0 Å². The number of para-hydroxylation sites is 1. The molecule has 1 aliphatic rings. The van der Waals surface area contributed by atoms with E-state index < -0.39 is 5.82 Å². The fraction of sp³-hybridized carbons (Fsp3) is 0.333. The van der Waals surface area contributed by atoms with Crippen molar-refractivity contribution < 1.29 is 14.0 Å². The first-order valence-electron chi connectivity index (χ1n) is 5.42. The molecule has 1 saturated heterocycles. The molecule has 1 fully saturated rings. The zero-order valence-corrected chi connectivity index (χ0v) is 9.50. The Morgan fingerprint density at radius 2 is 2.12 bits per heavy atom. The minimum absolute atomic E-state index is 0.0768. The van der Waals surface area contributed by atoms with E-state index >= 15 is 0 Å². The first kappa shape index (κ1) is 11.6. The maximum Gasteiger partial charge on any atom is 0.246 e. The topological polar surface area (TPSA) is 49.4 Å². The molecule has 4 nitrogen and oxygen atoms in total. The second-order valence-corrected chi connectivity index (χ2v) is 3.98. The van der Waals surface area contributed by atoms with Crippen LogP contribution < -0.4 is 10.2 Å². The van der Waals surface area contributed by atoms with Gasteiger partial charge in [-0.15, -0.1) is 0 Å². The molecule has 2 amide bonds. The van der Waals surface area contributed by atoms with E-state index in [2.05, 4.69) is 5.32 Å². The number of amides is 2. The van der Waals surface area contributed by atoms with Gasteiger partial charge in [0, 0.05) is 13.0 Å². The molecule has 0 atom stereocenters. The predicted molar refractivity (Wildman–Crippen MR) is 61.1 cm³/mol. The molecule has 0 saturated carbocycles. The number of aryl methyl sites for hydroxylation is 1. The molecule has 0 aliphatic carbocycles. The van der Waals surface area contributed by atoms with Crippen LogP contribution in [-0.4, -0.2) is 24.9 Å². The number of anilines is 1. The monoisotopic (exact) mass is 236 g/mol. The molecule has 0 unspecified atom stereocenters. The third kappa shape index (κ3) is 2.27. The molecular weight excluding hydrogens is 223 g/mol. The molecule has 5 heteroatoms. The van der Waals surface area contributed by atoms with Crippen LogP contribution in [0.5, 0.6) is 0 Å². The third-order valence-electron chi connectivity index (χ3n) is 2.76. The maximum absolute atomic E-state index is 13.7. The van der Waals surface area contributed by atoms with Gasteiger partial charge in [-0.2, -0.15) is 0 Å². The minimum atomic E-state index is -0.437. The largest absolute Gasteiger partial charge is 0.347 e. The highest BCUT2D eigenvalue weighted by Gasteiger charge is 2.24. The van der Waals surface area contributed by atoms with Crippen molar-refractivity contribution in [2.75, 3.05) is 18.0 Å². The number of hydrogen-bond acceptors (Lipinski definition) is 2. The number of rotatable bonds is 1. The van der Waals surface area contributed by atoms with Crippen molar-refractivity contribution in [3.8, 4) is 0 Å². The van der Waals surface area contributed by atoms with Crippen LogP contribution >= 0.6 is 0 Å². The van der Waals surface area contributed by atoms with Gasteiger partial charge in [-0.05, 0) is 18.6 Å². The van der Waals surface area contributed by atoms with Gasteiger partial charge in [0.25, 0.3) is 0 Å². The first-order chi connectivity index (χ1) is 8.09. The van der Waals surface area contributed by atoms with E-state index in [-0.39, 0.29) is 37.0 Å². The van der Waals surface area contributed by atoms with Gasteiger partial charge in [0.05, 0.1) is 12.2 Å². The summed E-state index contributed by atoms with van der Waals surface area (Å²) in [5, 5.41) is 2.48. The molecule has 1 aromatic rings. The fourth-order valence-electron chi connectivity index (χ4n) is 1.90. The second kappa shape index (κ2) is 4.53. The summed E-state index contributed by atoms with van der Waals surface area (Å²) in [5.41, 5.74) is 0.960. The number of carbonyl (C=O) groups excluding carboxylic acids is 2. The van der Waals surface area contributed by atoms with E-state index in [9.17, 15) is 14.0 Å². The molecule has 2 rings (SSSR count). The normalized spacial score (nSPS) is 16.7. The Morgan fingerprint density at radius 3 is 2.82 bits per heavy atom. The Labute approximate surface area is 98.4 Å². The zero-order valence-electron chi connectivity index (χ0n) is 9.50. The van der Waals surface area contributed by atoms with Gasteiger partial charge in [-0.25, -0.2) is 4.39 Å². The molecule has 1 aliphatic heterocycles. The van der Waals surface area contributed by atoms with Gasteiger partial charge in [0.15, 0.2) is 0 Å². The summed E-state index contributed by atoms with van der Waals surface area (Å²) in [7, 11) is 0. The molecule has 0 spiro atoms. The van der Waals surface area contributed by atoms with Gasteiger partial charge in [0.2, 0.25) is 11.8 Å². The SMILES string of the molecule is Cc1cccc(F)c1N1CCC(=O)NCC1=O. The lowest BCUT2D eigenvalue weighted by Crippen LogP contribution is -2.36. The average molecular weight is 236 g/mol. The highest BCUT2D eigenvalue weighted by atomic mass is 19.1. The Kier molecular flexibility index (Phi) is 3.08. The Bertz CT molecular complexity index is 453. The summed E-state index contributed by atoms with van der Waals surface area (Å²) in [6.07, 6.45) is 0.194. The predicted octanol–water partition coefficient (Wildman–Crippen LogP) is 0.987. The summed E-state index contributed by atoms with van der Waals surface area (Å²) in [5.74, 6) is -0.911. The number of nitrogens with zero attached hydrogens (tertiary/aromatic N) is 1. The lowest BCUT2D eigenvalue weighted by molar-refractivity contribution is -0.123. The minimum Gasteiger partial charge on any atom is -0.347 e. The van der Waals surface area contributed by atoms with Crippen molar-refractivity contribution in [1.29, 1.82) is 0 Å². The second-order valence-electron chi connectivity index (χ2n) is 3.98. The first-order valence-corrected chi connectivity index (χ1v) is 5.42. The van der Waals surface area contributed by atoms with Crippen molar-refractivity contribution in [1.82, 2.24) is 5.32 Å². The maximum atomic E-state index is 13.7. The van der Waals surface area contributed by atoms with Crippen LogP contribution in [-0.2, 0) is 9.59 Å². The summed E-state index contributed by atoms with van der Waals surface area (Å²) in [4.78, 5) is 24.3. The van der Waals surface area contributed by atoms with Crippen LogP contribution in [0.2, 0.25) is 0 Å². The van der Waals surface area contributed by atoms with Crippen molar-refractivity contribution in [2.24, 2.45) is 0 Å². The van der Waals surface area contributed by atoms with Gasteiger partial charge >= 0.3 is 0 Å². The highest BCUT2D eigenvalue weighted by molar-refractivity contribution is 5.99. The quantitative estimate of drug-likeness (QED) is 0.790. The molecule has 1 heterocycles. The Balaban J connectivity index is 2.38. The number of nitrogens with one attached hydrogen (secondary N) is 1. The van der Waals surface area contributed by atoms with E-state index in [0.29, 0.717) is 5.56 Å². The Morgan fingerprint density at radius 1 is 1.35 bits per heavy atom. The molecular formula is C12H13FN2O2. The van der Waals surface area contributed by atoms with Gasteiger partial charge < -0.3 is 10.2 Å². The van der Waals surface area contributed by atoms with Crippen LogP contribution in [0.3, 0.4) is 0 Å². The third-order valence-corrected chi connectivity index (χ3v) is 2.76. The highest BCUT2D eigenvalue weighted by Crippen LogP contribution is 2.24. The van der Waals surface area contributed by atoms with Crippen LogP contribution in [0.15, 0.2) is 18.2 Å². The van der Waals surface area contributed by atoms with E-state index in [1.54, 1.807) is 19.1 Å². The molecule has 17 heavy (non-hydrogen) atoms. The Hall–Kier alpha value is -1.91. The molecule has 0 bridgehead atoms. The van der Waals surface area contributed by atoms with Gasteiger partial charge in [0.1, 0.15) is 5.82 Å². The lowest BCUT2D eigenvalue weighted by Gasteiger charge is -2.22. The number of halogens is 1. The molecule has 1 N–H and O–H groups in total. The van der Waals surface area contributed by atoms with Gasteiger partial charge in [-0.3, -0.25) is 9.59 Å². The number of carbonyl (C=O) groups is 2. The number of hydrogen-bond donors (Lipinski definition) is 1. The van der Waals surface area contributed by atoms with Gasteiger partial charge in [-0.1, -0.05) is 12.1 Å². The van der Waals surface area contributed by atoms with Crippen LogP contribution in [0.4, 0.5) is 10.1 Å². The van der Waals surface area contributed by atoms with Crippen LogP contribution in [0, 0.1) is 12.7 Å². The van der Waals surface area contributed by atoms with Crippen molar-refractivity contribution in [2.45, 2.75) is 13.3 Å². The molecule has 0 radical (unpaired) electrons. The van der Waals surface area contributed by atoms with E-state index in [0.717, 1.165) is 0 Å². The fourth-order valence-corrected chi connectivity index (χ4v) is 1.90. The van der Waals surface area contributed by atoms with Crippen molar-refractivity contribution in [3.63, 3.8) is 0 Å². The van der Waals surface area contributed by atoms with Crippen molar-refractivity contribution >= 4 is 17.5 Å². The van der Waals surface area contributed by atoms with E-state index in [1.165, 1.54) is 11.0 Å². The lowest BCUT2D eigenvalue weighted by atomic mass is 10.1. The molecule has 1 aromatic carbocycles. The molecule has 90 valence electrons. The zero-order chi connectivity index (χ0) is 12.4. The average Bonchev–Trinajstić information content (AvgIpc) is 2.44. The summed E-state index contributed by atoms with van der Waals surface area (Å²) in [6, 6.07) is 4.65. The summed E-state index contributed by atoms with van der Waals surface area (Å²) >= 11 is 0. The van der Waals surface area contributed by atoms with E-state index in [4.69, 9.17) is 0 Å². The molecule has 0 aromatic heterocycles. The van der Waals surface area contributed by atoms with E-state index in [1.807, 2.05) is 0 Å². The summed E-state index contributed by atoms with van der Waals surface area (Å²) in [6.45, 7) is 1.88. The van der Waals surface area contributed by atoms with Crippen LogP contribution in [0.1, 0.15) is 12.0 Å².